The van der Waals surface area contributed by atoms with Crippen molar-refractivity contribution < 1.29 is 14.3 Å². The Morgan fingerprint density at radius 1 is 1.38 bits per heavy atom. The average molecular weight is 178 g/mol. The second kappa shape index (κ2) is 3.09. The van der Waals surface area contributed by atoms with Crippen molar-refractivity contribution in [3.8, 4) is 11.5 Å². The minimum atomic E-state index is -0.221. The van der Waals surface area contributed by atoms with E-state index in [2.05, 4.69) is 0 Å². The molecule has 0 saturated carbocycles. The summed E-state index contributed by atoms with van der Waals surface area (Å²) >= 11 is 0. The molecule has 13 heavy (non-hydrogen) atoms. The first-order valence-corrected chi connectivity index (χ1v) is 4.19. The molecule has 3 heteroatoms. The number of carbonyl (C=O) groups is 1. The normalized spacial score (nSPS) is 18.7. The van der Waals surface area contributed by atoms with E-state index >= 15 is 0 Å². The van der Waals surface area contributed by atoms with Gasteiger partial charge in [-0.1, -0.05) is 6.07 Å². The van der Waals surface area contributed by atoms with Crippen molar-refractivity contribution in [3.05, 3.63) is 23.8 Å². The Balaban J connectivity index is 2.29. The van der Waals surface area contributed by atoms with E-state index < -0.39 is 0 Å². The zero-order valence-corrected chi connectivity index (χ0v) is 7.32. The Morgan fingerprint density at radius 3 is 2.92 bits per heavy atom. The second-order valence-corrected chi connectivity index (χ2v) is 2.96. The molecule has 1 heterocycles. The summed E-state index contributed by atoms with van der Waals surface area (Å²) < 4.78 is 10.7. The molecule has 0 N–H and O–H groups in total. The molecule has 2 rings (SSSR count). The number of rotatable bonds is 2. The van der Waals surface area contributed by atoms with Gasteiger partial charge in [-0.3, -0.25) is 0 Å². The molecule has 1 aliphatic rings. The summed E-state index contributed by atoms with van der Waals surface area (Å²) in [4.78, 5) is 10.3. The highest BCUT2D eigenvalue weighted by molar-refractivity contribution is 5.57. The summed E-state index contributed by atoms with van der Waals surface area (Å²) in [6, 6.07) is 5.54. The molecule has 1 aromatic carbocycles. The molecule has 0 spiro atoms. The van der Waals surface area contributed by atoms with Crippen molar-refractivity contribution in [2.45, 2.75) is 19.6 Å². The molecule has 0 aliphatic carbocycles. The van der Waals surface area contributed by atoms with E-state index in [0.717, 1.165) is 23.3 Å². The standard InChI is InChI=1S/C10H10O3/c1-7-12-9-3-2-8(4-5-11)6-10(9)13-7/h2-3,5-7H,4H2,1H3. The fraction of sp³-hybridized carbons (Fsp3) is 0.300. The van der Waals surface area contributed by atoms with Gasteiger partial charge in [0, 0.05) is 13.3 Å². The minimum absolute atomic E-state index is 0.221. The lowest BCUT2D eigenvalue weighted by molar-refractivity contribution is -0.107. The number of ether oxygens (including phenoxy) is 2. The maximum absolute atomic E-state index is 10.3. The highest BCUT2D eigenvalue weighted by Gasteiger charge is 2.19. The first-order valence-electron chi connectivity index (χ1n) is 4.19. The van der Waals surface area contributed by atoms with Crippen molar-refractivity contribution in [2.24, 2.45) is 0 Å². The summed E-state index contributed by atoms with van der Waals surface area (Å²) in [5, 5.41) is 0. The van der Waals surface area contributed by atoms with Crippen LogP contribution in [0, 0.1) is 0 Å². The lowest BCUT2D eigenvalue weighted by atomic mass is 10.1. The Hall–Kier alpha value is -1.51. The predicted octanol–water partition coefficient (Wildman–Crippen LogP) is 1.55. The van der Waals surface area contributed by atoms with Crippen LogP contribution in [0.15, 0.2) is 18.2 Å². The third kappa shape index (κ3) is 1.49. The van der Waals surface area contributed by atoms with Gasteiger partial charge >= 0.3 is 0 Å². The van der Waals surface area contributed by atoms with Crippen LogP contribution in [0.3, 0.4) is 0 Å². The lowest BCUT2D eigenvalue weighted by Crippen LogP contribution is -2.11. The van der Waals surface area contributed by atoms with Crippen LogP contribution in [0.5, 0.6) is 11.5 Å². The molecule has 0 saturated heterocycles. The van der Waals surface area contributed by atoms with Crippen molar-refractivity contribution in [1.82, 2.24) is 0 Å². The molecule has 0 radical (unpaired) electrons. The van der Waals surface area contributed by atoms with E-state index in [1.54, 1.807) is 0 Å². The van der Waals surface area contributed by atoms with Crippen molar-refractivity contribution >= 4 is 6.29 Å². The molecular formula is C10H10O3. The molecule has 0 amide bonds. The van der Waals surface area contributed by atoms with Crippen LogP contribution < -0.4 is 9.47 Å². The van der Waals surface area contributed by atoms with Gasteiger partial charge < -0.3 is 14.3 Å². The van der Waals surface area contributed by atoms with Crippen LogP contribution in [-0.4, -0.2) is 12.6 Å². The molecule has 68 valence electrons. The molecule has 0 bridgehead atoms. The van der Waals surface area contributed by atoms with Gasteiger partial charge in [0.25, 0.3) is 0 Å². The zero-order valence-electron chi connectivity index (χ0n) is 7.32. The second-order valence-electron chi connectivity index (χ2n) is 2.96. The lowest BCUT2D eigenvalue weighted by Gasteiger charge is -1.99. The van der Waals surface area contributed by atoms with Crippen molar-refractivity contribution in [3.63, 3.8) is 0 Å². The molecule has 0 fully saturated rings. The fourth-order valence-corrected chi connectivity index (χ4v) is 1.35. The zero-order chi connectivity index (χ0) is 9.26. The van der Waals surface area contributed by atoms with Gasteiger partial charge in [0.15, 0.2) is 11.5 Å². The van der Waals surface area contributed by atoms with Crippen LogP contribution in [0.2, 0.25) is 0 Å². The number of aldehydes is 1. The Labute approximate surface area is 76.3 Å². The Bertz CT molecular complexity index is 333. The smallest absolute Gasteiger partial charge is 0.238 e. The van der Waals surface area contributed by atoms with Gasteiger partial charge in [-0.05, 0) is 17.7 Å². The van der Waals surface area contributed by atoms with Crippen molar-refractivity contribution in [2.75, 3.05) is 0 Å². The van der Waals surface area contributed by atoms with Gasteiger partial charge in [-0.2, -0.15) is 0 Å². The number of benzene rings is 1. The molecule has 3 nitrogen and oxygen atoms in total. The number of hydrogen-bond acceptors (Lipinski definition) is 3. The monoisotopic (exact) mass is 178 g/mol. The molecule has 1 unspecified atom stereocenters. The van der Waals surface area contributed by atoms with E-state index in [1.165, 1.54) is 0 Å². The molecular weight excluding hydrogens is 168 g/mol. The summed E-state index contributed by atoms with van der Waals surface area (Å²) in [6.45, 7) is 1.83. The van der Waals surface area contributed by atoms with E-state index in [-0.39, 0.29) is 6.29 Å². The maximum Gasteiger partial charge on any atom is 0.238 e. The summed E-state index contributed by atoms with van der Waals surface area (Å²) in [6.07, 6.45) is 1.08. The third-order valence-electron chi connectivity index (χ3n) is 1.91. The summed E-state index contributed by atoms with van der Waals surface area (Å²) in [5.41, 5.74) is 0.950. The number of hydrogen-bond donors (Lipinski definition) is 0. The van der Waals surface area contributed by atoms with E-state index in [0.29, 0.717) is 6.42 Å². The minimum Gasteiger partial charge on any atom is -0.451 e. The van der Waals surface area contributed by atoms with Gasteiger partial charge in [0.1, 0.15) is 6.29 Å². The first-order chi connectivity index (χ1) is 6.29. The highest BCUT2D eigenvalue weighted by atomic mass is 16.7. The molecule has 1 aromatic rings. The molecule has 1 atom stereocenters. The maximum atomic E-state index is 10.3. The van der Waals surface area contributed by atoms with Crippen molar-refractivity contribution in [1.29, 1.82) is 0 Å². The van der Waals surface area contributed by atoms with Gasteiger partial charge in [-0.15, -0.1) is 0 Å². The molecule has 1 aliphatic heterocycles. The topological polar surface area (TPSA) is 35.5 Å². The van der Waals surface area contributed by atoms with Crippen LogP contribution in [0.1, 0.15) is 12.5 Å². The quantitative estimate of drug-likeness (QED) is 0.644. The average Bonchev–Trinajstić information content (AvgIpc) is 2.44. The Kier molecular flexibility index (Phi) is 1.93. The van der Waals surface area contributed by atoms with Gasteiger partial charge in [0.05, 0.1) is 0 Å². The number of fused-ring (bicyclic) bond motifs is 1. The van der Waals surface area contributed by atoms with Crippen LogP contribution in [-0.2, 0) is 11.2 Å². The predicted molar refractivity (Wildman–Crippen MR) is 46.9 cm³/mol. The fourth-order valence-electron chi connectivity index (χ4n) is 1.35. The Morgan fingerprint density at radius 2 is 2.15 bits per heavy atom. The molecule has 0 aromatic heterocycles. The first kappa shape index (κ1) is 8.10. The third-order valence-corrected chi connectivity index (χ3v) is 1.91. The van der Waals surface area contributed by atoms with Crippen LogP contribution >= 0.6 is 0 Å². The SMILES string of the molecule is CC1Oc2ccc(CC=O)cc2O1. The van der Waals surface area contributed by atoms with E-state index in [9.17, 15) is 4.79 Å². The van der Waals surface area contributed by atoms with E-state index in [4.69, 9.17) is 9.47 Å². The largest absolute Gasteiger partial charge is 0.451 e. The van der Waals surface area contributed by atoms with Crippen LogP contribution in [0.25, 0.3) is 0 Å². The summed E-state index contributed by atoms with van der Waals surface area (Å²) in [7, 11) is 0. The van der Waals surface area contributed by atoms with Gasteiger partial charge in [-0.25, -0.2) is 0 Å². The number of carbonyl (C=O) groups excluding carboxylic acids is 1. The highest BCUT2D eigenvalue weighted by Crippen LogP contribution is 2.35. The van der Waals surface area contributed by atoms with Gasteiger partial charge in [0.2, 0.25) is 6.29 Å². The summed E-state index contributed by atoms with van der Waals surface area (Å²) in [5.74, 6) is 1.48. The van der Waals surface area contributed by atoms with E-state index in [1.807, 2.05) is 25.1 Å². The van der Waals surface area contributed by atoms with Crippen LogP contribution in [0.4, 0.5) is 0 Å².